The van der Waals surface area contributed by atoms with Gasteiger partial charge in [-0.25, -0.2) is 9.78 Å². The molecule has 19 heavy (non-hydrogen) atoms. The molecule has 4 heteroatoms. The molecule has 0 N–H and O–H groups in total. The molecule has 3 nitrogen and oxygen atoms in total. The number of aromatic nitrogens is 1. The van der Waals surface area contributed by atoms with Crippen LogP contribution in [0.3, 0.4) is 0 Å². The second kappa shape index (κ2) is 5.02. The Morgan fingerprint density at radius 1 is 1.16 bits per heavy atom. The van der Waals surface area contributed by atoms with Gasteiger partial charge < -0.3 is 4.42 Å². The van der Waals surface area contributed by atoms with Crippen LogP contribution in [0.15, 0.2) is 33.5 Å². The molecule has 1 heterocycles. The Bertz CT molecular complexity index is 775. The average molecular weight is 274 g/mol. The molecular formula is C15H12ClNO2. The van der Waals surface area contributed by atoms with Crippen LogP contribution in [0, 0.1) is 0 Å². The fraction of sp³-hybridized carbons (Fsp3) is 0.200. The number of alkyl halides is 1. The van der Waals surface area contributed by atoms with Gasteiger partial charge >= 0.3 is 5.63 Å². The fourth-order valence-electron chi connectivity index (χ4n) is 2.09. The maximum absolute atomic E-state index is 11.9. The lowest BCUT2D eigenvalue weighted by Crippen LogP contribution is -2.42. The number of fused-ring (bicyclic) bond motifs is 1. The monoisotopic (exact) mass is 273 g/mol. The second-order valence-electron chi connectivity index (χ2n) is 4.42. The van der Waals surface area contributed by atoms with Crippen LogP contribution >= 0.6 is 11.6 Å². The molecule has 0 saturated carbocycles. The highest BCUT2D eigenvalue weighted by atomic mass is 35.5. The third-order valence-corrected chi connectivity index (χ3v) is 3.42. The number of rotatable bonds is 2. The van der Waals surface area contributed by atoms with Gasteiger partial charge in [-0.15, -0.1) is 11.6 Å². The van der Waals surface area contributed by atoms with E-state index >= 15 is 0 Å². The van der Waals surface area contributed by atoms with Crippen LogP contribution < -0.4 is 16.2 Å². The third kappa shape index (κ3) is 2.34. The molecule has 0 aliphatic heterocycles. The first-order valence-electron chi connectivity index (χ1n) is 6.15. The summed E-state index contributed by atoms with van der Waals surface area (Å²) in [7, 11) is 0. The molecule has 0 radical (unpaired) electrons. The van der Waals surface area contributed by atoms with Gasteiger partial charge in [0.25, 0.3) is 0 Å². The molecular weight excluding hydrogens is 262 g/mol. The Kier molecular flexibility index (Phi) is 3.22. The smallest absolute Gasteiger partial charge is 0.346 e. The topological polar surface area (TPSA) is 43.1 Å². The van der Waals surface area contributed by atoms with Crippen molar-refractivity contribution in [1.82, 2.24) is 4.98 Å². The fourth-order valence-corrected chi connectivity index (χ4v) is 2.27. The first kappa shape index (κ1) is 12.2. The van der Waals surface area contributed by atoms with Gasteiger partial charge in [-0.05, 0) is 30.5 Å². The molecule has 0 saturated heterocycles. The summed E-state index contributed by atoms with van der Waals surface area (Å²) < 4.78 is 5.28. The summed E-state index contributed by atoms with van der Waals surface area (Å²) in [4.78, 5) is 16.3. The SMILES string of the molecule is O=c1oc(-c2ccc(CCl)cc2)nc2c1=CCCC=2. The Morgan fingerprint density at radius 2 is 1.89 bits per heavy atom. The van der Waals surface area contributed by atoms with Crippen molar-refractivity contribution in [3.05, 3.63) is 50.8 Å². The lowest BCUT2D eigenvalue weighted by Gasteiger charge is -2.03. The van der Waals surface area contributed by atoms with Crippen molar-refractivity contribution < 1.29 is 4.42 Å². The van der Waals surface area contributed by atoms with Gasteiger partial charge in [-0.1, -0.05) is 24.3 Å². The Morgan fingerprint density at radius 3 is 2.63 bits per heavy atom. The minimum atomic E-state index is -0.322. The Hall–Kier alpha value is -1.87. The Labute approximate surface area is 114 Å². The second-order valence-corrected chi connectivity index (χ2v) is 4.69. The van der Waals surface area contributed by atoms with Gasteiger partial charge in [0.2, 0.25) is 5.89 Å². The minimum Gasteiger partial charge on any atom is -0.403 e. The van der Waals surface area contributed by atoms with Crippen LogP contribution in [-0.2, 0) is 5.88 Å². The van der Waals surface area contributed by atoms with Gasteiger partial charge in [0, 0.05) is 11.4 Å². The van der Waals surface area contributed by atoms with Crippen molar-refractivity contribution in [2.24, 2.45) is 0 Å². The quantitative estimate of drug-likeness (QED) is 0.784. The molecule has 0 fully saturated rings. The van der Waals surface area contributed by atoms with E-state index in [2.05, 4.69) is 4.98 Å². The Balaban J connectivity index is 2.16. The number of halogens is 1. The van der Waals surface area contributed by atoms with Gasteiger partial charge in [-0.2, -0.15) is 0 Å². The summed E-state index contributed by atoms with van der Waals surface area (Å²) in [6.45, 7) is 0. The highest BCUT2D eigenvalue weighted by Crippen LogP contribution is 2.15. The zero-order valence-corrected chi connectivity index (χ0v) is 11.0. The minimum absolute atomic E-state index is 0.322. The lowest BCUT2D eigenvalue weighted by atomic mass is 10.1. The molecule has 0 bridgehead atoms. The molecule has 96 valence electrons. The van der Waals surface area contributed by atoms with Crippen LogP contribution in [0.4, 0.5) is 0 Å². The van der Waals surface area contributed by atoms with E-state index in [1.54, 1.807) is 0 Å². The third-order valence-electron chi connectivity index (χ3n) is 3.12. The van der Waals surface area contributed by atoms with Crippen LogP contribution in [0.1, 0.15) is 18.4 Å². The highest BCUT2D eigenvalue weighted by molar-refractivity contribution is 6.17. The van der Waals surface area contributed by atoms with Gasteiger partial charge in [-0.3, -0.25) is 0 Å². The average Bonchev–Trinajstić information content (AvgIpc) is 2.47. The molecule has 1 aromatic heterocycles. The number of hydrogen-bond donors (Lipinski definition) is 0. The van der Waals surface area contributed by atoms with Crippen LogP contribution in [-0.4, -0.2) is 4.98 Å². The summed E-state index contributed by atoms with van der Waals surface area (Å²) in [5.41, 5.74) is 1.48. The molecule has 0 unspecified atom stereocenters. The summed E-state index contributed by atoms with van der Waals surface area (Å²) in [5.74, 6) is 0.821. The van der Waals surface area contributed by atoms with Gasteiger partial charge in [0.15, 0.2) is 0 Å². The molecule has 1 aliphatic carbocycles. The summed E-state index contributed by atoms with van der Waals surface area (Å²) >= 11 is 5.75. The predicted molar refractivity (Wildman–Crippen MR) is 75.2 cm³/mol. The lowest BCUT2D eigenvalue weighted by molar-refractivity contribution is 0.497. The van der Waals surface area contributed by atoms with Gasteiger partial charge in [0.05, 0.1) is 10.6 Å². The van der Waals surface area contributed by atoms with E-state index in [1.807, 2.05) is 36.4 Å². The number of hydrogen-bond acceptors (Lipinski definition) is 3. The summed E-state index contributed by atoms with van der Waals surface area (Å²) in [6, 6.07) is 7.53. The van der Waals surface area contributed by atoms with Crippen molar-refractivity contribution in [2.45, 2.75) is 18.7 Å². The zero-order valence-electron chi connectivity index (χ0n) is 10.2. The van der Waals surface area contributed by atoms with E-state index in [1.165, 1.54) is 0 Å². The van der Waals surface area contributed by atoms with Crippen molar-refractivity contribution in [1.29, 1.82) is 0 Å². The maximum atomic E-state index is 11.9. The standard InChI is InChI=1S/C15H12ClNO2/c16-9-10-5-7-11(8-6-10)14-17-13-4-2-1-3-12(13)15(18)19-14/h3-8H,1-2,9H2. The van der Waals surface area contributed by atoms with Crippen molar-refractivity contribution in [3.63, 3.8) is 0 Å². The largest absolute Gasteiger partial charge is 0.403 e. The van der Waals surface area contributed by atoms with Crippen LogP contribution in [0.5, 0.6) is 0 Å². The molecule has 0 atom stereocenters. The van der Waals surface area contributed by atoms with Gasteiger partial charge in [0.1, 0.15) is 0 Å². The molecule has 1 aromatic carbocycles. The molecule has 1 aliphatic rings. The molecule has 0 amide bonds. The zero-order chi connectivity index (χ0) is 13.2. The molecule has 3 rings (SSSR count). The first-order valence-corrected chi connectivity index (χ1v) is 6.68. The normalized spacial score (nSPS) is 13.3. The van der Waals surface area contributed by atoms with Crippen molar-refractivity contribution in [2.75, 3.05) is 0 Å². The summed E-state index contributed by atoms with van der Waals surface area (Å²) in [6.07, 6.45) is 5.63. The maximum Gasteiger partial charge on any atom is 0.346 e. The summed E-state index contributed by atoms with van der Waals surface area (Å²) in [5, 5.41) is 1.30. The van der Waals surface area contributed by atoms with E-state index in [-0.39, 0.29) is 5.63 Å². The molecule has 2 aromatic rings. The molecule has 0 spiro atoms. The van der Waals surface area contributed by atoms with E-state index in [0.717, 1.165) is 29.3 Å². The first-order chi connectivity index (χ1) is 9.28. The number of benzene rings is 1. The van der Waals surface area contributed by atoms with E-state index in [4.69, 9.17) is 16.0 Å². The van der Waals surface area contributed by atoms with Crippen molar-refractivity contribution in [3.8, 4) is 11.5 Å². The van der Waals surface area contributed by atoms with E-state index < -0.39 is 0 Å². The highest BCUT2D eigenvalue weighted by Gasteiger charge is 2.07. The van der Waals surface area contributed by atoms with Crippen molar-refractivity contribution >= 4 is 23.8 Å². The van der Waals surface area contributed by atoms with Crippen LogP contribution in [0.25, 0.3) is 23.6 Å². The predicted octanol–water partition coefficient (Wildman–Crippen LogP) is 1.80. The van der Waals surface area contributed by atoms with E-state index in [9.17, 15) is 4.79 Å². The number of nitrogens with zero attached hydrogens (tertiary/aromatic N) is 1. The van der Waals surface area contributed by atoms with Crippen LogP contribution in [0.2, 0.25) is 0 Å². The van der Waals surface area contributed by atoms with E-state index in [0.29, 0.717) is 17.0 Å².